The summed E-state index contributed by atoms with van der Waals surface area (Å²) in [5.74, 6) is -1.19. The van der Waals surface area contributed by atoms with E-state index in [1.807, 2.05) is 0 Å². The van der Waals surface area contributed by atoms with Crippen LogP contribution in [0.15, 0.2) is 0 Å². The molecule has 0 aromatic carbocycles. The van der Waals surface area contributed by atoms with Crippen molar-refractivity contribution >= 4 is 29.7 Å². The molecule has 8 heteroatoms. The first-order valence-corrected chi connectivity index (χ1v) is 7.06. The van der Waals surface area contributed by atoms with Gasteiger partial charge in [0, 0.05) is 33.6 Å². The van der Waals surface area contributed by atoms with Crippen LogP contribution in [-0.4, -0.2) is 54.5 Å². The summed E-state index contributed by atoms with van der Waals surface area (Å²) in [6, 6.07) is 0. The molecule has 7 nitrogen and oxygen atoms in total. The van der Waals surface area contributed by atoms with Gasteiger partial charge in [0.15, 0.2) is 18.3 Å². The maximum absolute atomic E-state index is 11.2. The fourth-order valence-corrected chi connectivity index (χ4v) is 3.08. The SMILES string of the molecule is COC1SCC(OC(C)=O)C(OC(C)=O)C1OC(C)=O. The summed E-state index contributed by atoms with van der Waals surface area (Å²) in [5.41, 5.74) is -0.491. The van der Waals surface area contributed by atoms with E-state index >= 15 is 0 Å². The maximum Gasteiger partial charge on any atom is 0.303 e. The van der Waals surface area contributed by atoms with Crippen LogP contribution in [0.2, 0.25) is 0 Å². The van der Waals surface area contributed by atoms with E-state index in [0.717, 1.165) is 0 Å². The summed E-state index contributed by atoms with van der Waals surface area (Å²) in [7, 11) is 1.46. The van der Waals surface area contributed by atoms with Crippen molar-refractivity contribution in [2.24, 2.45) is 0 Å². The fraction of sp³-hybridized carbons (Fsp3) is 0.750. The molecule has 0 N–H and O–H groups in total. The van der Waals surface area contributed by atoms with Crippen LogP contribution < -0.4 is 0 Å². The van der Waals surface area contributed by atoms with Crippen molar-refractivity contribution in [2.75, 3.05) is 12.9 Å². The van der Waals surface area contributed by atoms with Crippen molar-refractivity contribution in [1.82, 2.24) is 0 Å². The molecule has 0 aromatic heterocycles. The lowest BCUT2D eigenvalue weighted by Crippen LogP contribution is -2.54. The van der Waals surface area contributed by atoms with Crippen LogP contribution in [-0.2, 0) is 33.3 Å². The minimum atomic E-state index is -0.883. The van der Waals surface area contributed by atoms with Crippen molar-refractivity contribution in [3.05, 3.63) is 0 Å². The van der Waals surface area contributed by atoms with Crippen molar-refractivity contribution in [3.8, 4) is 0 Å². The second-order valence-corrected chi connectivity index (χ2v) is 5.36. The average Bonchev–Trinajstić information content (AvgIpc) is 2.31. The molecular formula is C12H18O7S. The zero-order valence-electron chi connectivity index (χ0n) is 11.8. The van der Waals surface area contributed by atoms with Gasteiger partial charge >= 0.3 is 17.9 Å². The Kier molecular flexibility index (Phi) is 6.28. The Labute approximate surface area is 121 Å². The number of methoxy groups -OCH3 is 1. The van der Waals surface area contributed by atoms with Crippen LogP contribution in [0.1, 0.15) is 20.8 Å². The molecule has 0 saturated carbocycles. The van der Waals surface area contributed by atoms with Gasteiger partial charge in [-0.15, -0.1) is 11.8 Å². The number of carbonyl (C=O) groups excluding carboxylic acids is 3. The standard InChI is InChI=1S/C12H18O7S/c1-6(13)17-9-5-20-12(16-4)11(19-8(3)15)10(9)18-7(2)14/h9-12H,5H2,1-4H3. The summed E-state index contributed by atoms with van der Waals surface area (Å²) < 4.78 is 20.7. The third kappa shape index (κ3) is 4.68. The molecule has 1 aliphatic rings. The van der Waals surface area contributed by atoms with E-state index in [2.05, 4.69) is 0 Å². The second kappa shape index (κ2) is 7.49. The molecule has 0 bridgehead atoms. The first kappa shape index (κ1) is 16.8. The molecule has 1 aliphatic heterocycles. The quantitative estimate of drug-likeness (QED) is 0.548. The summed E-state index contributed by atoms with van der Waals surface area (Å²) in [6.07, 6.45) is -2.40. The van der Waals surface area contributed by atoms with Crippen LogP contribution >= 0.6 is 11.8 Å². The molecular weight excluding hydrogens is 288 g/mol. The maximum atomic E-state index is 11.2. The van der Waals surface area contributed by atoms with Gasteiger partial charge in [-0.05, 0) is 0 Å². The Morgan fingerprint density at radius 1 is 0.900 bits per heavy atom. The molecule has 0 spiro atoms. The molecule has 1 saturated heterocycles. The fourth-order valence-electron chi connectivity index (χ4n) is 1.91. The van der Waals surface area contributed by atoms with Crippen LogP contribution in [0.25, 0.3) is 0 Å². The van der Waals surface area contributed by atoms with E-state index in [9.17, 15) is 14.4 Å². The Morgan fingerprint density at radius 2 is 1.40 bits per heavy atom. The van der Waals surface area contributed by atoms with Gasteiger partial charge in [-0.2, -0.15) is 0 Å². The minimum Gasteiger partial charge on any atom is -0.458 e. The Balaban J connectivity index is 2.95. The third-order valence-electron chi connectivity index (χ3n) is 2.54. The van der Waals surface area contributed by atoms with Gasteiger partial charge in [-0.1, -0.05) is 0 Å². The lowest BCUT2D eigenvalue weighted by Gasteiger charge is -2.39. The van der Waals surface area contributed by atoms with E-state index in [-0.39, 0.29) is 0 Å². The highest BCUT2D eigenvalue weighted by molar-refractivity contribution is 7.99. The number of rotatable bonds is 4. The second-order valence-electron chi connectivity index (χ2n) is 4.23. The molecule has 0 amide bonds. The summed E-state index contributed by atoms with van der Waals surface area (Å²) >= 11 is 1.33. The van der Waals surface area contributed by atoms with E-state index in [0.29, 0.717) is 5.75 Å². The van der Waals surface area contributed by atoms with E-state index in [1.54, 1.807) is 0 Å². The zero-order valence-corrected chi connectivity index (χ0v) is 12.6. The lowest BCUT2D eigenvalue weighted by atomic mass is 10.1. The molecule has 114 valence electrons. The van der Waals surface area contributed by atoms with Gasteiger partial charge in [0.05, 0.1) is 0 Å². The Bertz CT molecular complexity index is 384. The average molecular weight is 306 g/mol. The van der Waals surface area contributed by atoms with Gasteiger partial charge in [0.2, 0.25) is 0 Å². The Morgan fingerprint density at radius 3 is 1.85 bits per heavy atom. The number of hydrogen-bond donors (Lipinski definition) is 0. The van der Waals surface area contributed by atoms with Crippen LogP contribution in [0.4, 0.5) is 0 Å². The highest BCUT2D eigenvalue weighted by atomic mass is 32.2. The number of hydrogen-bond acceptors (Lipinski definition) is 8. The first-order chi connectivity index (χ1) is 9.35. The highest BCUT2D eigenvalue weighted by Crippen LogP contribution is 2.32. The van der Waals surface area contributed by atoms with Crippen LogP contribution in [0.3, 0.4) is 0 Å². The first-order valence-electron chi connectivity index (χ1n) is 6.01. The largest absolute Gasteiger partial charge is 0.458 e. The van der Waals surface area contributed by atoms with Crippen molar-refractivity contribution in [2.45, 2.75) is 44.5 Å². The molecule has 4 atom stereocenters. The van der Waals surface area contributed by atoms with E-state index in [1.165, 1.54) is 39.6 Å². The number of ether oxygens (including phenoxy) is 4. The third-order valence-corrected chi connectivity index (χ3v) is 3.85. The van der Waals surface area contributed by atoms with Gasteiger partial charge in [-0.25, -0.2) is 0 Å². The van der Waals surface area contributed by atoms with E-state index in [4.69, 9.17) is 18.9 Å². The highest BCUT2D eigenvalue weighted by Gasteiger charge is 2.46. The van der Waals surface area contributed by atoms with Gasteiger partial charge in [0.1, 0.15) is 5.44 Å². The number of carbonyl (C=O) groups is 3. The molecule has 0 aromatic rings. The topological polar surface area (TPSA) is 88.1 Å². The normalized spacial score (nSPS) is 29.4. The predicted molar refractivity (Wildman–Crippen MR) is 69.9 cm³/mol. The summed E-state index contributed by atoms with van der Waals surface area (Å²) in [5, 5.41) is 0. The van der Waals surface area contributed by atoms with Gasteiger partial charge < -0.3 is 18.9 Å². The minimum absolute atomic E-state index is 0.383. The van der Waals surface area contributed by atoms with Gasteiger partial charge in [0.25, 0.3) is 0 Å². The lowest BCUT2D eigenvalue weighted by molar-refractivity contribution is -0.188. The van der Waals surface area contributed by atoms with Crippen LogP contribution in [0.5, 0.6) is 0 Å². The van der Waals surface area contributed by atoms with Crippen molar-refractivity contribution < 1.29 is 33.3 Å². The number of thioether (sulfide) groups is 1. The molecule has 20 heavy (non-hydrogen) atoms. The molecule has 1 heterocycles. The predicted octanol–water partition coefficient (Wildman–Crippen LogP) is 0.501. The molecule has 0 aliphatic carbocycles. The van der Waals surface area contributed by atoms with Gasteiger partial charge in [-0.3, -0.25) is 14.4 Å². The Hall–Kier alpha value is -1.28. The number of esters is 3. The monoisotopic (exact) mass is 306 g/mol. The molecule has 0 radical (unpaired) electrons. The summed E-state index contributed by atoms with van der Waals surface area (Å²) in [6.45, 7) is 3.75. The van der Waals surface area contributed by atoms with Crippen molar-refractivity contribution in [3.63, 3.8) is 0 Å². The molecule has 4 unspecified atom stereocenters. The van der Waals surface area contributed by atoms with Crippen molar-refractivity contribution in [1.29, 1.82) is 0 Å². The zero-order chi connectivity index (χ0) is 15.3. The molecule has 1 rings (SSSR count). The summed E-state index contributed by atoms with van der Waals surface area (Å²) in [4.78, 5) is 33.5. The molecule has 1 fully saturated rings. The van der Waals surface area contributed by atoms with Crippen LogP contribution in [0, 0.1) is 0 Å². The smallest absolute Gasteiger partial charge is 0.303 e. The van der Waals surface area contributed by atoms with E-state index < -0.39 is 41.7 Å².